The summed E-state index contributed by atoms with van der Waals surface area (Å²) in [5.41, 5.74) is -0.403. The maximum absolute atomic E-state index is 12.6. The molecule has 1 aliphatic heterocycles. The minimum atomic E-state index is -4.42. The minimum absolute atomic E-state index is 0.125. The lowest BCUT2D eigenvalue weighted by molar-refractivity contribution is -0.920. The molecule has 2 N–H and O–H groups in total. The van der Waals surface area contributed by atoms with Gasteiger partial charge in [-0.15, -0.1) is 0 Å². The van der Waals surface area contributed by atoms with Gasteiger partial charge in [-0.25, -0.2) is 8.42 Å². The van der Waals surface area contributed by atoms with E-state index >= 15 is 0 Å². The lowest BCUT2D eigenvalue weighted by atomic mass is 10.1. The van der Waals surface area contributed by atoms with E-state index in [4.69, 9.17) is 4.52 Å². The normalized spacial score (nSPS) is 23.9. The van der Waals surface area contributed by atoms with Crippen LogP contribution in [-0.2, 0) is 22.6 Å². The summed E-state index contributed by atoms with van der Waals surface area (Å²) in [7, 11) is -1.56. The highest BCUT2D eigenvalue weighted by molar-refractivity contribution is 7.91. The molecule has 1 fully saturated rings. The van der Waals surface area contributed by atoms with Gasteiger partial charge >= 0.3 is 6.18 Å². The molecule has 3 atom stereocenters. The van der Waals surface area contributed by atoms with Gasteiger partial charge in [0.2, 0.25) is 5.82 Å². The van der Waals surface area contributed by atoms with Crippen molar-refractivity contribution < 1.29 is 36.1 Å². The first-order valence-electron chi connectivity index (χ1n) is 7.76. The number of quaternary nitrogens is 1. The molecule has 2 heterocycles. The van der Waals surface area contributed by atoms with E-state index < -0.39 is 33.7 Å². The van der Waals surface area contributed by atoms with Gasteiger partial charge < -0.3 is 14.5 Å². The Morgan fingerprint density at radius 1 is 1.27 bits per heavy atom. The van der Waals surface area contributed by atoms with Crippen molar-refractivity contribution >= 4 is 9.84 Å². The van der Waals surface area contributed by atoms with E-state index in [0.717, 1.165) is 12.1 Å². The lowest BCUT2D eigenvalue weighted by Gasteiger charge is -2.20. The second kappa shape index (κ2) is 6.63. The Hall–Kier alpha value is -1.98. The van der Waals surface area contributed by atoms with Gasteiger partial charge in [0.25, 0.3) is 5.89 Å². The number of aliphatic hydroxyl groups is 1. The SMILES string of the molecule is C[NH+](Cc1nc(-c2ccc(C(F)(F)F)cc2)no1)[C@@H]1CS(=O)(=O)C[C@@H]1O. The number of aromatic nitrogens is 2. The summed E-state index contributed by atoms with van der Waals surface area (Å²) in [6.07, 6.45) is -5.38. The zero-order chi connectivity index (χ0) is 19.1. The van der Waals surface area contributed by atoms with Crippen LogP contribution in [0.25, 0.3) is 11.4 Å². The molecule has 2 aromatic rings. The van der Waals surface area contributed by atoms with E-state index in [1.807, 2.05) is 0 Å². The summed E-state index contributed by atoms with van der Waals surface area (Å²) in [4.78, 5) is 4.83. The summed E-state index contributed by atoms with van der Waals surface area (Å²) in [5, 5.41) is 13.6. The molecule has 1 unspecified atom stereocenters. The number of hydrogen-bond acceptors (Lipinski definition) is 6. The van der Waals surface area contributed by atoms with E-state index in [2.05, 4.69) is 10.1 Å². The van der Waals surface area contributed by atoms with Gasteiger partial charge in [-0.3, -0.25) is 0 Å². The first-order chi connectivity index (χ1) is 12.0. The van der Waals surface area contributed by atoms with Gasteiger partial charge in [0.05, 0.1) is 18.4 Å². The Balaban J connectivity index is 1.70. The van der Waals surface area contributed by atoms with Crippen LogP contribution in [0, 0.1) is 0 Å². The number of rotatable bonds is 4. The van der Waals surface area contributed by atoms with Crippen molar-refractivity contribution in [2.24, 2.45) is 0 Å². The van der Waals surface area contributed by atoms with Gasteiger partial charge in [0, 0.05) is 5.56 Å². The van der Waals surface area contributed by atoms with E-state index in [0.29, 0.717) is 10.5 Å². The van der Waals surface area contributed by atoms with E-state index in [9.17, 15) is 26.7 Å². The molecule has 142 valence electrons. The predicted octanol–water partition coefficient (Wildman–Crippen LogP) is -0.0720. The largest absolute Gasteiger partial charge is 0.416 e. The zero-order valence-corrected chi connectivity index (χ0v) is 14.5. The van der Waals surface area contributed by atoms with Crippen molar-refractivity contribution in [3.05, 3.63) is 35.7 Å². The van der Waals surface area contributed by atoms with Crippen molar-refractivity contribution in [3.8, 4) is 11.4 Å². The maximum atomic E-state index is 12.6. The van der Waals surface area contributed by atoms with Crippen LogP contribution in [0.1, 0.15) is 11.5 Å². The number of benzene rings is 1. The summed E-state index contributed by atoms with van der Waals surface area (Å²) < 4.78 is 66.0. The highest BCUT2D eigenvalue weighted by atomic mass is 32.2. The Kier molecular flexibility index (Phi) is 4.80. The average molecular weight is 392 g/mol. The average Bonchev–Trinajstić information content (AvgIpc) is 3.10. The molecule has 1 saturated heterocycles. The number of halogens is 3. The third kappa shape index (κ3) is 4.05. The number of nitrogens with zero attached hydrogens (tertiary/aromatic N) is 2. The summed E-state index contributed by atoms with van der Waals surface area (Å²) >= 11 is 0. The fourth-order valence-corrected chi connectivity index (χ4v) is 4.86. The molecule has 0 spiro atoms. The van der Waals surface area contributed by atoms with Crippen LogP contribution >= 0.6 is 0 Å². The lowest BCUT2D eigenvalue weighted by Crippen LogP contribution is -3.13. The molecule has 11 heteroatoms. The molecule has 1 aromatic heterocycles. The first-order valence-corrected chi connectivity index (χ1v) is 9.58. The molecule has 0 aliphatic carbocycles. The van der Waals surface area contributed by atoms with Crippen LogP contribution in [0.15, 0.2) is 28.8 Å². The number of likely N-dealkylation sites (N-methyl/N-ethyl adjacent to an activating group) is 1. The highest BCUT2D eigenvalue weighted by Crippen LogP contribution is 2.30. The molecule has 7 nitrogen and oxygen atoms in total. The Morgan fingerprint density at radius 3 is 2.46 bits per heavy atom. The number of sulfone groups is 1. The monoisotopic (exact) mass is 392 g/mol. The summed E-state index contributed by atoms with van der Waals surface area (Å²) in [6, 6.07) is 3.87. The standard InChI is InChI=1S/C15H16F3N3O4S/c1-21(11-7-26(23,24)8-12(11)22)6-13-19-14(20-25-13)9-2-4-10(5-3-9)15(16,17)18/h2-5,11-12,22H,6-8H2,1H3/p+1/t11-,12+/m1/s1. The van der Waals surface area contributed by atoms with Gasteiger partial charge in [-0.05, 0) is 12.1 Å². The first kappa shape index (κ1) is 18.8. The quantitative estimate of drug-likeness (QED) is 0.756. The number of aliphatic hydroxyl groups excluding tert-OH is 1. The van der Waals surface area contributed by atoms with Crippen LogP contribution in [0.3, 0.4) is 0 Å². The molecular weight excluding hydrogens is 375 g/mol. The van der Waals surface area contributed by atoms with Crippen LogP contribution in [0.2, 0.25) is 0 Å². The van der Waals surface area contributed by atoms with Crippen LogP contribution in [0.5, 0.6) is 0 Å². The van der Waals surface area contributed by atoms with Crippen molar-refractivity contribution in [3.63, 3.8) is 0 Å². The van der Waals surface area contributed by atoms with Gasteiger partial charge in [0.1, 0.15) is 17.9 Å². The second-order valence-electron chi connectivity index (χ2n) is 6.36. The topological polar surface area (TPSA) is 97.7 Å². The number of hydrogen-bond donors (Lipinski definition) is 2. The van der Waals surface area contributed by atoms with E-state index in [1.54, 1.807) is 7.05 Å². The van der Waals surface area contributed by atoms with Gasteiger partial charge in [-0.2, -0.15) is 18.2 Å². The molecule has 0 radical (unpaired) electrons. The number of alkyl halides is 3. The van der Waals surface area contributed by atoms with E-state index in [-0.39, 0.29) is 29.8 Å². The number of nitrogens with one attached hydrogen (secondary N) is 1. The molecule has 0 saturated carbocycles. The Morgan fingerprint density at radius 2 is 1.92 bits per heavy atom. The predicted molar refractivity (Wildman–Crippen MR) is 83.8 cm³/mol. The van der Waals surface area contributed by atoms with Crippen molar-refractivity contribution in [2.75, 3.05) is 18.6 Å². The molecule has 0 amide bonds. The van der Waals surface area contributed by atoms with Gasteiger partial charge in [-0.1, -0.05) is 17.3 Å². The third-order valence-electron chi connectivity index (χ3n) is 4.32. The highest BCUT2D eigenvalue weighted by Gasteiger charge is 2.42. The smallest absolute Gasteiger partial charge is 0.386 e. The fraction of sp³-hybridized carbons (Fsp3) is 0.467. The Labute approximate surface area is 147 Å². The van der Waals surface area contributed by atoms with Crippen LogP contribution < -0.4 is 4.90 Å². The summed E-state index contributed by atoms with van der Waals surface area (Å²) in [5.74, 6) is -0.0507. The molecule has 1 aliphatic rings. The summed E-state index contributed by atoms with van der Waals surface area (Å²) in [6.45, 7) is 0.185. The maximum Gasteiger partial charge on any atom is 0.416 e. The van der Waals surface area contributed by atoms with Crippen LogP contribution in [-0.4, -0.2) is 54.4 Å². The Bertz CT molecular complexity index is 880. The van der Waals surface area contributed by atoms with Gasteiger partial charge in [0.15, 0.2) is 16.4 Å². The minimum Gasteiger partial charge on any atom is -0.386 e. The second-order valence-corrected chi connectivity index (χ2v) is 8.51. The fourth-order valence-electron chi connectivity index (χ4n) is 2.92. The molecule has 26 heavy (non-hydrogen) atoms. The molecule has 1 aromatic carbocycles. The van der Waals surface area contributed by atoms with Crippen molar-refractivity contribution in [1.29, 1.82) is 0 Å². The molecule has 3 rings (SSSR count). The zero-order valence-electron chi connectivity index (χ0n) is 13.7. The molecular formula is C15H17F3N3O4S+. The van der Waals surface area contributed by atoms with E-state index in [1.165, 1.54) is 12.1 Å². The molecule has 0 bridgehead atoms. The van der Waals surface area contributed by atoms with Crippen LogP contribution in [0.4, 0.5) is 13.2 Å². The van der Waals surface area contributed by atoms with Crippen molar-refractivity contribution in [2.45, 2.75) is 24.9 Å². The third-order valence-corrected chi connectivity index (χ3v) is 6.04. The van der Waals surface area contributed by atoms with Crippen molar-refractivity contribution in [1.82, 2.24) is 10.1 Å².